The number of amidine groups is 1. The molecule has 0 saturated heterocycles. The monoisotopic (exact) mass is 280 g/mol. The van der Waals surface area contributed by atoms with E-state index in [1.165, 1.54) is 4.31 Å². The Morgan fingerprint density at radius 2 is 2.00 bits per heavy atom. The van der Waals surface area contributed by atoms with E-state index in [0.29, 0.717) is 23.8 Å². The largest absolute Gasteiger partial charge is 0.267 e. The molecule has 5 heteroatoms. The summed E-state index contributed by atoms with van der Waals surface area (Å²) in [6.45, 7) is 7.03. The Kier molecular flexibility index (Phi) is 3.94. The summed E-state index contributed by atoms with van der Waals surface area (Å²) >= 11 is 0. The lowest BCUT2D eigenvalue weighted by Crippen LogP contribution is -2.31. The summed E-state index contributed by atoms with van der Waals surface area (Å²) in [5.41, 5.74) is 1.80. The second-order valence-corrected chi connectivity index (χ2v) is 6.56. The fourth-order valence-electron chi connectivity index (χ4n) is 2.25. The van der Waals surface area contributed by atoms with Crippen LogP contribution in [0.5, 0.6) is 0 Å². The first-order chi connectivity index (χ1) is 9.02. The van der Waals surface area contributed by atoms with Crippen LogP contribution in [0.4, 0.5) is 0 Å². The van der Waals surface area contributed by atoms with E-state index in [2.05, 4.69) is 11.9 Å². The van der Waals surface area contributed by atoms with Crippen LogP contribution in [0.15, 0.2) is 28.1 Å². The van der Waals surface area contributed by atoms with Gasteiger partial charge < -0.3 is 0 Å². The molecule has 0 atom stereocenters. The number of fused-ring (bicyclic) bond motifs is 1. The Morgan fingerprint density at radius 3 is 2.63 bits per heavy atom. The molecule has 0 unspecified atom stereocenters. The minimum Gasteiger partial charge on any atom is -0.267 e. The Bertz CT molecular complexity index is 606. The number of rotatable bonds is 4. The molecule has 1 aromatic carbocycles. The molecule has 0 saturated carbocycles. The van der Waals surface area contributed by atoms with Crippen LogP contribution >= 0.6 is 0 Å². The highest BCUT2D eigenvalue weighted by Gasteiger charge is 2.38. The molecule has 104 valence electrons. The van der Waals surface area contributed by atoms with Gasteiger partial charge in [0.1, 0.15) is 5.84 Å². The second kappa shape index (κ2) is 5.33. The molecule has 1 aliphatic rings. The SMILES string of the molecule is CCCCN1C(=NCC)c2cc(C)ccc2S1(=O)=O. The summed E-state index contributed by atoms with van der Waals surface area (Å²) in [6.07, 6.45) is 1.80. The minimum atomic E-state index is -3.40. The molecular formula is C14H20N2O2S. The van der Waals surface area contributed by atoms with Crippen molar-refractivity contribution in [3.05, 3.63) is 29.3 Å². The van der Waals surface area contributed by atoms with E-state index in [4.69, 9.17) is 0 Å². The van der Waals surface area contributed by atoms with Gasteiger partial charge in [-0.3, -0.25) is 4.99 Å². The quantitative estimate of drug-likeness (QED) is 0.851. The maximum absolute atomic E-state index is 12.5. The van der Waals surface area contributed by atoms with Crippen LogP contribution in [0.25, 0.3) is 0 Å². The van der Waals surface area contributed by atoms with Gasteiger partial charge in [-0.1, -0.05) is 25.0 Å². The van der Waals surface area contributed by atoms with Gasteiger partial charge in [0.05, 0.1) is 4.90 Å². The third kappa shape index (κ3) is 2.39. The Balaban J connectivity index is 2.57. The van der Waals surface area contributed by atoms with Crippen molar-refractivity contribution < 1.29 is 8.42 Å². The molecule has 0 spiro atoms. The summed E-state index contributed by atoms with van der Waals surface area (Å²) < 4.78 is 26.5. The van der Waals surface area contributed by atoms with E-state index in [1.807, 2.05) is 26.0 Å². The number of hydrogen-bond acceptors (Lipinski definition) is 3. The average molecular weight is 280 g/mol. The fraction of sp³-hybridized carbons (Fsp3) is 0.500. The standard InChI is InChI=1S/C14H20N2O2S/c1-4-6-9-16-14(15-5-2)12-10-11(3)7-8-13(12)19(16,17)18/h7-8,10H,4-6,9H2,1-3H3. The molecule has 0 aromatic heterocycles. The second-order valence-electron chi connectivity index (χ2n) is 4.73. The third-order valence-corrected chi connectivity index (χ3v) is 5.05. The van der Waals surface area contributed by atoms with Gasteiger partial charge in [-0.05, 0) is 32.4 Å². The van der Waals surface area contributed by atoms with E-state index < -0.39 is 10.0 Å². The lowest BCUT2D eigenvalue weighted by molar-refractivity contribution is 0.517. The van der Waals surface area contributed by atoms with Crippen molar-refractivity contribution in [1.82, 2.24) is 4.31 Å². The highest BCUT2D eigenvalue weighted by atomic mass is 32.2. The summed E-state index contributed by atoms with van der Waals surface area (Å²) in [5.74, 6) is 0.606. The maximum atomic E-state index is 12.5. The average Bonchev–Trinajstić information content (AvgIpc) is 2.56. The fourth-order valence-corrected chi connectivity index (χ4v) is 3.91. The van der Waals surface area contributed by atoms with Crippen molar-refractivity contribution in [3.63, 3.8) is 0 Å². The van der Waals surface area contributed by atoms with Crippen LogP contribution in [-0.4, -0.2) is 31.6 Å². The Hall–Kier alpha value is -1.36. The molecule has 2 rings (SSSR count). The highest BCUT2D eigenvalue weighted by Crippen LogP contribution is 2.31. The van der Waals surface area contributed by atoms with Crippen LogP contribution in [0.3, 0.4) is 0 Å². The van der Waals surface area contributed by atoms with E-state index in [9.17, 15) is 8.42 Å². The van der Waals surface area contributed by atoms with E-state index >= 15 is 0 Å². The molecular weight excluding hydrogens is 260 g/mol. The summed E-state index contributed by atoms with van der Waals surface area (Å²) in [5, 5.41) is 0. The topological polar surface area (TPSA) is 49.7 Å². The molecule has 1 heterocycles. The van der Waals surface area contributed by atoms with E-state index in [1.54, 1.807) is 6.07 Å². The number of aryl methyl sites for hydroxylation is 1. The summed E-state index contributed by atoms with van der Waals surface area (Å²) in [7, 11) is -3.40. The first-order valence-corrected chi connectivity index (χ1v) is 8.14. The number of unbranched alkanes of at least 4 members (excludes halogenated alkanes) is 1. The van der Waals surface area contributed by atoms with E-state index in [0.717, 1.165) is 24.0 Å². The van der Waals surface area contributed by atoms with Gasteiger partial charge in [-0.25, -0.2) is 12.7 Å². The van der Waals surface area contributed by atoms with Gasteiger partial charge in [0.25, 0.3) is 10.0 Å². The molecule has 0 N–H and O–H groups in total. The molecule has 0 bridgehead atoms. The molecule has 1 aromatic rings. The summed E-state index contributed by atoms with van der Waals surface area (Å²) in [4.78, 5) is 4.79. The first-order valence-electron chi connectivity index (χ1n) is 6.70. The molecule has 0 fully saturated rings. The van der Waals surface area contributed by atoms with Gasteiger partial charge in [0.15, 0.2) is 0 Å². The highest BCUT2D eigenvalue weighted by molar-refractivity contribution is 7.90. The predicted molar refractivity (Wildman–Crippen MR) is 77.1 cm³/mol. The first kappa shape index (κ1) is 14.1. The predicted octanol–water partition coefficient (Wildman–Crippen LogP) is 2.57. The number of benzene rings is 1. The zero-order chi connectivity index (χ0) is 14.0. The zero-order valence-electron chi connectivity index (χ0n) is 11.7. The van der Waals surface area contributed by atoms with Crippen molar-refractivity contribution in [1.29, 1.82) is 0 Å². The van der Waals surface area contributed by atoms with Crippen molar-refractivity contribution >= 4 is 15.9 Å². The van der Waals surface area contributed by atoms with Crippen molar-refractivity contribution in [2.75, 3.05) is 13.1 Å². The van der Waals surface area contributed by atoms with Crippen molar-refractivity contribution in [3.8, 4) is 0 Å². The number of sulfonamides is 1. The van der Waals surface area contributed by atoms with Crippen LogP contribution in [0, 0.1) is 6.92 Å². The van der Waals surface area contributed by atoms with E-state index in [-0.39, 0.29) is 0 Å². The zero-order valence-corrected chi connectivity index (χ0v) is 12.5. The molecule has 19 heavy (non-hydrogen) atoms. The van der Waals surface area contributed by atoms with Gasteiger partial charge >= 0.3 is 0 Å². The third-order valence-electron chi connectivity index (χ3n) is 3.20. The van der Waals surface area contributed by atoms with Crippen LogP contribution in [0.1, 0.15) is 37.8 Å². The smallest absolute Gasteiger partial charge is 0.266 e. The number of nitrogens with zero attached hydrogens (tertiary/aromatic N) is 2. The maximum Gasteiger partial charge on any atom is 0.266 e. The lowest BCUT2D eigenvalue weighted by Gasteiger charge is -2.17. The number of hydrogen-bond donors (Lipinski definition) is 0. The Labute approximate surface area is 115 Å². The molecule has 0 radical (unpaired) electrons. The van der Waals surface area contributed by atoms with Crippen molar-refractivity contribution in [2.24, 2.45) is 4.99 Å². The minimum absolute atomic E-state index is 0.390. The van der Waals surface area contributed by atoms with Gasteiger partial charge in [0.2, 0.25) is 0 Å². The van der Waals surface area contributed by atoms with Gasteiger partial charge in [0, 0.05) is 18.7 Å². The molecule has 1 aliphatic heterocycles. The van der Waals surface area contributed by atoms with Crippen molar-refractivity contribution in [2.45, 2.75) is 38.5 Å². The molecule has 0 aliphatic carbocycles. The lowest BCUT2D eigenvalue weighted by atomic mass is 10.1. The van der Waals surface area contributed by atoms with Gasteiger partial charge in [-0.2, -0.15) is 0 Å². The van der Waals surface area contributed by atoms with Gasteiger partial charge in [-0.15, -0.1) is 0 Å². The number of aliphatic imine (C=N–C) groups is 1. The molecule has 4 nitrogen and oxygen atoms in total. The Morgan fingerprint density at radius 1 is 1.26 bits per heavy atom. The summed E-state index contributed by atoms with van der Waals surface area (Å²) in [6, 6.07) is 5.44. The van der Waals surface area contributed by atoms with Crippen LogP contribution in [-0.2, 0) is 10.0 Å². The van der Waals surface area contributed by atoms with Crippen LogP contribution in [0.2, 0.25) is 0 Å². The normalized spacial score (nSPS) is 18.9. The van der Waals surface area contributed by atoms with Crippen LogP contribution < -0.4 is 0 Å². The molecule has 0 amide bonds.